The molecule has 4 nitrogen and oxygen atoms in total. The number of rotatable bonds is 2. The third kappa shape index (κ3) is 2.35. The summed E-state index contributed by atoms with van der Waals surface area (Å²) in [6.07, 6.45) is 1.90. The molecule has 19 heavy (non-hydrogen) atoms. The van der Waals surface area contributed by atoms with Crippen LogP contribution in [0.3, 0.4) is 0 Å². The molecule has 3 aromatic rings. The quantitative estimate of drug-likeness (QED) is 0.726. The van der Waals surface area contributed by atoms with Gasteiger partial charge >= 0.3 is 0 Å². The predicted molar refractivity (Wildman–Crippen MR) is 76.7 cm³/mol. The van der Waals surface area contributed by atoms with Gasteiger partial charge in [-0.3, -0.25) is 4.68 Å². The van der Waals surface area contributed by atoms with E-state index < -0.39 is 0 Å². The van der Waals surface area contributed by atoms with Gasteiger partial charge in [0.05, 0.1) is 0 Å². The number of ether oxygens (including phenoxy) is 1. The van der Waals surface area contributed by atoms with Gasteiger partial charge in [0.25, 0.3) is 0 Å². The van der Waals surface area contributed by atoms with Crippen LogP contribution in [-0.4, -0.2) is 9.78 Å². The third-order valence-corrected chi connectivity index (χ3v) is 2.97. The van der Waals surface area contributed by atoms with Crippen molar-refractivity contribution in [2.45, 2.75) is 0 Å². The first kappa shape index (κ1) is 11.9. The third-order valence-electron chi connectivity index (χ3n) is 2.73. The van der Waals surface area contributed by atoms with E-state index >= 15 is 0 Å². The van der Waals surface area contributed by atoms with Crippen LogP contribution >= 0.6 is 11.6 Å². The Morgan fingerprint density at radius 1 is 1.26 bits per heavy atom. The Labute approximate surface area is 115 Å². The number of halogens is 1. The Morgan fingerprint density at radius 3 is 2.89 bits per heavy atom. The van der Waals surface area contributed by atoms with Gasteiger partial charge in [0.2, 0.25) is 0 Å². The fourth-order valence-corrected chi connectivity index (χ4v) is 2.16. The highest BCUT2D eigenvalue weighted by atomic mass is 35.5. The van der Waals surface area contributed by atoms with E-state index in [2.05, 4.69) is 5.10 Å². The second-order valence-electron chi connectivity index (χ2n) is 4.32. The molecular formula is C14H12ClN3O. The molecule has 0 radical (unpaired) electrons. The number of aryl methyl sites for hydroxylation is 1. The van der Waals surface area contributed by atoms with E-state index in [0.717, 1.165) is 10.9 Å². The van der Waals surface area contributed by atoms with Gasteiger partial charge in [0, 0.05) is 35.4 Å². The Kier molecular flexibility index (Phi) is 2.80. The number of anilines is 1. The molecule has 0 spiro atoms. The van der Waals surface area contributed by atoms with Crippen molar-refractivity contribution in [1.82, 2.24) is 9.78 Å². The maximum Gasteiger partial charge on any atom is 0.157 e. The molecular weight excluding hydrogens is 262 g/mol. The van der Waals surface area contributed by atoms with Crippen molar-refractivity contribution in [3.8, 4) is 11.5 Å². The Bertz CT molecular complexity index is 752. The van der Waals surface area contributed by atoms with Crippen molar-refractivity contribution in [3.63, 3.8) is 0 Å². The maximum atomic E-state index is 5.94. The van der Waals surface area contributed by atoms with Crippen molar-refractivity contribution in [2.24, 2.45) is 7.05 Å². The summed E-state index contributed by atoms with van der Waals surface area (Å²) in [6.45, 7) is 0. The normalized spacial score (nSPS) is 10.8. The summed E-state index contributed by atoms with van der Waals surface area (Å²) >= 11 is 5.94. The molecule has 0 aliphatic heterocycles. The van der Waals surface area contributed by atoms with E-state index in [9.17, 15) is 0 Å². The van der Waals surface area contributed by atoms with E-state index in [1.165, 1.54) is 0 Å². The first-order valence-electron chi connectivity index (χ1n) is 5.78. The monoisotopic (exact) mass is 273 g/mol. The number of aromatic nitrogens is 2. The highest BCUT2D eigenvalue weighted by Gasteiger charge is 2.09. The lowest BCUT2D eigenvalue weighted by Gasteiger charge is -2.07. The van der Waals surface area contributed by atoms with Gasteiger partial charge in [-0.2, -0.15) is 5.10 Å². The predicted octanol–water partition coefficient (Wildman–Crippen LogP) is 3.60. The molecule has 0 unspecified atom stereocenters. The number of fused-ring (bicyclic) bond motifs is 1. The number of nitrogens with two attached hydrogens (primary N) is 1. The van der Waals surface area contributed by atoms with Gasteiger partial charge < -0.3 is 10.5 Å². The van der Waals surface area contributed by atoms with Crippen LogP contribution in [0.25, 0.3) is 10.9 Å². The fraction of sp³-hybridized carbons (Fsp3) is 0.0714. The largest absolute Gasteiger partial charge is 0.455 e. The molecule has 1 heterocycles. The topological polar surface area (TPSA) is 53.1 Å². The Morgan fingerprint density at radius 2 is 2.11 bits per heavy atom. The van der Waals surface area contributed by atoms with Crippen molar-refractivity contribution in [1.29, 1.82) is 0 Å². The molecule has 0 bridgehead atoms. The second-order valence-corrected chi connectivity index (χ2v) is 4.76. The molecule has 2 N–H and O–H groups in total. The molecule has 3 rings (SSSR count). The van der Waals surface area contributed by atoms with Gasteiger partial charge in [0.15, 0.2) is 5.75 Å². The van der Waals surface area contributed by atoms with E-state index in [0.29, 0.717) is 22.2 Å². The van der Waals surface area contributed by atoms with Gasteiger partial charge in [0.1, 0.15) is 11.3 Å². The molecule has 0 aliphatic carbocycles. The molecule has 0 saturated heterocycles. The van der Waals surface area contributed by atoms with Crippen LogP contribution in [0.15, 0.2) is 42.6 Å². The molecule has 0 atom stereocenters. The summed E-state index contributed by atoms with van der Waals surface area (Å²) in [5, 5.41) is 5.94. The number of hydrogen-bond donors (Lipinski definition) is 1. The first-order chi connectivity index (χ1) is 9.11. The molecule has 0 amide bonds. The zero-order valence-electron chi connectivity index (χ0n) is 10.3. The highest BCUT2D eigenvalue weighted by Crippen LogP contribution is 2.32. The molecule has 2 aromatic carbocycles. The number of benzene rings is 2. The van der Waals surface area contributed by atoms with E-state index in [1.807, 2.05) is 31.4 Å². The van der Waals surface area contributed by atoms with E-state index in [4.69, 9.17) is 22.1 Å². The van der Waals surface area contributed by atoms with Gasteiger partial charge in [-0.1, -0.05) is 17.7 Å². The van der Waals surface area contributed by atoms with Crippen LogP contribution in [-0.2, 0) is 7.05 Å². The maximum absolute atomic E-state index is 5.94. The molecule has 0 aliphatic rings. The van der Waals surface area contributed by atoms with E-state index in [1.54, 1.807) is 22.9 Å². The summed E-state index contributed by atoms with van der Waals surface area (Å²) in [7, 11) is 1.86. The molecule has 0 saturated carbocycles. The molecule has 5 heteroatoms. The Hall–Kier alpha value is -2.20. The van der Waals surface area contributed by atoms with Crippen LogP contribution in [0.1, 0.15) is 0 Å². The van der Waals surface area contributed by atoms with Gasteiger partial charge in [-0.05, 0) is 24.3 Å². The van der Waals surface area contributed by atoms with Crippen molar-refractivity contribution in [3.05, 3.63) is 47.6 Å². The van der Waals surface area contributed by atoms with Crippen molar-refractivity contribution >= 4 is 28.2 Å². The molecule has 1 aromatic heterocycles. The Balaban J connectivity index is 2.09. The minimum atomic E-state index is 0.623. The smallest absolute Gasteiger partial charge is 0.157 e. The minimum Gasteiger partial charge on any atom is -0.455 e. The summed E-state index contributed by atoms with van der Waals surface area (Å²) in [4.78, 5) is 0. The van der Waals surface area contributed by atoms with Gasteiger partial charge in [-0.15, -0.1) is 0 Å². The minimum absolute atomic E-state index is 0.623. The van der Waals surface area contributed by atoms with Gasteiger partial charge in [-0.25, -0.2) is 0 Å². The molecule has 0 fully saturated rings. The number of hydrogen-bond acceptors (Lipinski definition) is 3. The van der Waals surface area contributed by atoms with Crippen LogP contribution in [0.2, 0.25) is 5.02 Å². The average Bonchev–Trinajstić information content (AvgIpc) is 2.69. The fourth-order valence-electron chi connectivity index (χ4n) is 1.98. The lowest BCUT2D eigenvalue weighted by molar-refractivity contribution is 0.487. The first-order valence-corrected chi connectivity index (χ1v) is 6.16. The SMILES string of the molecule is Cn1cc2cc(N)cc(Oc3cccc(Cl)c3)c2n1. The van der Waals surface area contributed by atoms with Crippen molar-refractivity contribution < 1.29 is 4.74 Å². The number of nitrogens with zero attached hydrogens (tertiary/aromatic N) is 2. The standard InChI is InChI=1S/C14H12ClN3O/c1-18-8-9-5-11(16)7-13(14(9)17-18)19-12-4-2-3-10(15)6-12/h2-8H,16H2,1H3. The molecule has 96 valence electrons. The van der Waals surface area contributed by atoms with Crippen LogP contribution < -0.4 is 10.5 Å². The zero-order valence-corrected chi connectivity index (χ0v) is 11.1. The van der Waals surface area contributed by atoms with Crippen LogP contribution in [0, 0.1) is 0 Å². The van der Waals surface area contributed by atoms with Crippen molar-refractivity contribution in [2.75, 3.05) is 5.73 Å². The summed E-state index contributed by atoms with van der Waals surface area (Å²) < 4.78 is 7.56. The average molecular weight is 274 g/mol. The van der Waals surface area contributed by atoms with Crippen LogP contribution in [0.4, 0.5) is 5.69 Å². The zero-order chi connectivity index (χ0) is 13.4. The summed E-state index contributed by atoms with van der Waals surface area (Å²) in [6, 6.07) is 10.8. The lowest BCUT2D eigenvalue weighted by atomic mass is 10.2. The summed E-state index contributed by atoms with van der Waals surface area (Å²) in [5.74, 6) is 1.28. The number of nitrogen functional groups attached to an aromatic ring is 1. The lowest BCUT2D eigenvalue weighted by Crippen LogP contribution is -1.90. The van der Waals surface area contributed by atoms with E-state index in [-0.39, 0.29) is 0 Å². The highest BCUT2D eigenvalue weighted by molar-refractivity contribution is 6.30. The second kappa shape index (κ2) is 4.48. The van der Waals surface area contributed by atoms with Crippen LogP contribution in [0.5, 0.6) is 11.5 Å². The summed E-state index contributed by atoms with van der Waals surface area (Å²) in [5.41, 5.74) is 7.29.